The molecule has 2 heterocycles. The summed E-state index contributed by atoms with van der Waals surface area (Å²) < 4.78 is 0. The number of pyridine rings is 1. The van der Waals surface area contributed by atoms with E-state index in [0.717, 1.165) is 44.8 Å². The van der Waals surface area contributed by atoms with Crippen molar-refractivity contribution in [1.29, 1.82) is 0 Å². The zero-order valence-corrected chi connectivity index (χ0v) is 18.5. The molecule has 3 nitrogen and oxygen atoms in total. The van der Waals surface area contributed by atoms with Gasteiger partial charge in [0.1, 0.15) is 0 Å². The van der Waals surface area contributed by atoms with Crippen molar-refractivity contribution in [3.8, 4) is 11.3 Å². The minimum atomic E-state index is 1.05. The Labute approximate surface area is 186 Å². The fraction of sp³-hybridized carbons (Fsp3) is 0.393. The summed E-state index contributed by atoms with van der Waals surface area (Å²) in [5.74, 6) is 0. The molecule has 0 spiro atoms. The number of aryl methyl sites for hydroxylation is 1. The monoisotopic (exact) mass is 411 g/mol. The maximum absolute atomic E-state index is 5.17. The van der Waals surface area contributed by atoms with Crippen LogP contribution in [0.25, 0.3) is 11.3 Å². The van der Waals surface area contributed by atoms with Gasteiger partial charge in [0.25, 0.3) is 0 Å². The molecule has 0 bridgehead atoms. The maximum atomic E-state index is 5.17. The van der Waals surface area contributed by atoms with Crippen molar-refractivity contribution in [3.63, 3.8) is 0 Å². The molecule has 0 saturated carbocycles. The third kappa shape index (κ3) is 4.83. The Morgan fingerprint density at radius 2 is 1.39 bits per heavy atom. The average molecular weight is 412 g/mol. The third-order valence-electron chi connectivity index (χ3n) is 6.81. The van der Waals surface area contributed by atoms with Gasteiger partial charge in [0.2, 0.25) is 0 Å². The van der Waals surface area contributed by atoms with Crippen molar-refractivity contribution >= 4 is 5.69 Å². The molecule has 2 aliphatic rings. The molecule has 0 N–H and O–H groups in total. The Bertz CT molecular complexity index is 976. The van der Waals surface area contributed by atoms with Gasteiger partial charge in [-0.05, 0) is 42.9 Å². The van der Waals surface area contributed by atoms with Crippen molar-refractivity contribution in [2.75, 3.05) is 31.1 Å². The molecule has 0 radical (unpaired) electrons. The van der Waals surface area contributed by atoms with E-state index in [1.807, 2.05) is 0 Å². The average Bonchev–Trinajstić information content (AvgIpc) is 2.81. The van der Waals surface area contributed by atoms with Crippen LogP contribution < -0.4 is 4.90 Å². The molecule has 1 fully saturated rings. The van der Waals surface area contributed by atoms with E-state index >= 15 is 0 Å². The zero-order chi connectivity index (χ0) is 20.9. The van der Waals surface area contributed by atoms with Crippen molar-refractivity contribution in [2.45, 2.75) is 45.1 Å². The van der Waals surface area contributed by atoms with E-state index in [9.17, 15) is 0 Å². The van der Waals surface area contributed by atoms with Crippen LogP contribution in [0.1, 0.15) is 42.5 Å². The first-order valence-electron chi connectivity index (χ1n) is 12.0. The highest BCUT2D eigenvalue weighted by Crippen LogP contribution is 2.33. The van der Waals surface area contributed by atoms with Gasteiger partial charge in [0.15, 0.2) is 0 Å². The molecule has 0 atom stereocenters. The molecule has 1 aliphatic heterocycles. The van der Waals surface area contributed by atoms with Gasteiger partial charge in [-0.25, -0.2) is 0 Å². The fourth-order valence-electron chi connectivity index (χ4n) is 5.06. The number of nitrogens with zero attached hydrogens (tertiary/aromatic N) is 3. The lowest BCUT2D eigenvalue weighted by Gasteiger charge is -2.37. The summed E-state index contributed by atoms with van der Waals surface area (Å²) in [5.41, 5.74) is 8.11. The van der Waals surface area contributed by atoms with E-state index < -0.39 is 0 Å². The van der Waals surface area contributed by atoms with Gasteiger partial charge in [0, 0.05) is 49.7 Å². The normalized spacial score (nSPS) is 17.6. The van der Waals surface area contributed by atoms with Crippen LogP contribution in [0.5, 0.6) is 0 Å². The predicted octanol–water partition coefficient (Wildman–Crippen LogP) is 5.73. The summed E-state index contributed by atoms with van der Waals surface area (Å²) in [5, 5.41) is 0. The van der Waals surface area contributed by atoms with Crippen LogP contribution in [0.3, 0.4) is 0 Å². The van der Waals surface area contributed by atoms with Crippen molar-refractivity contribution in [1.82, 2.24) is 9.88 Å². The molecule has 160 valence electrons. The van der Waals surface area contributed by atoms with Crippen molar-refractivity contribution in [2.24, 2.45) is 0 Å². The lowest BCUT2D eigenvalue weighted by Crippen LogP contribution is -2.46. The Hall–Kier alpha value is -2.65. The molecule has 2 aromatic carbocycles. The van der Waals surface area contributed by atoms with E-state index in [4.69, 9.17) is 4.98 Å². The van der Waals surface area contributed by atoms with Crippen LogP contribution in [-0.4, -0.2) is 36.1 Å². The van der Waals surface area contributed by atoms with Crippen LogP contribution in [0.4, 0.5) is 5.69 Å². The van der Waals surface area contributed by atoms with Gasteiger partial charge >= 0.3 is 0 Å². The second kappa shape index (κ2) is 9.65. The fourth-order valence-corrected chi connectivity index (χ4v) is 5.06. The van der Waals surface area contributed by atoms with Crippen LogP contribution in [0, 0.1) is 0 Å². The Kier molecular flexibility index (Phi) is 6.31. The van der Waals surface area contributed by atoms with Gasteiger partial charge in [-0.15, -0.1) is 0 Å². The van der Waals surface area contributed by atoms with Crippen LogP contribution in [-0.2, 0) is 19.4 Å². The van der Waals surface area contributed by atoms with Gasteiger partial charge in [-0.1, -0.05) is 73.5 Å². The number of anilines is 1. The summed E-state index contributed by atoms with van der Waals surface area (Å²) >= 11 is 0. The second-order valence-electron chi connectivity index (χ2n) is 8.98. The molecular formula is C28H33N3. The molecule has 3 heteroatoms. The Morgan fingerprint density at radius 1 is 0.710 bits per heavy atom. The summed E-state index contributed by atoms with van der Waals surface area (Å²) in [7, 11) is 0. The van der Waals surface area contributed by atoms with Crippen LogP contribution in [0.2, 0.25) is 0 Å². The first kappa shape index (κ1) is 20.3. The van der Waals surface area contributed by atoms with Gasteiger partial charge in [-0.3, -0.25) is 9.88 Å². The molecule has 5 rings (SSSR count). The SMILES string of the molecule is c1ccc(CN2CCN(c3cc(-c4ccccc4)nc4c3CCCCCC4)CC2)cc1. The maximum Gasteiger partial charge on any atom is 0.0726 e. The second-order valence-corrected chi connectivity index (χ2v) is 8.98. The first-order chi connectivity index (χ1) is 15.4. The number of fused-ring (bicyclic) bond motifs is 1. The standard InChI is InChI=1S/C28H33N3/c1-2-10-16-26-25(15-9-1)28(21-27(29-26)24-13-7-4-8-14-24)31-19-17-30(18-20-31)22-23-11-5-3-6-12-23/h3-8,11-14,21H,1-2,9-10,15-20,22H2. The topological polar surface area (TPSA) is 19.4 Å². The van der Waals surface area contributed by atoms with E-state index in [-0.39, 0.29) is 0 Å². The molecule has 1 aliphatic carbocycles. The van der Waals surface area contributed by atoms with E-state index in [2.05, 4.69) is 76.5 Å². The van der Waals surface area contributed by atoms with Crippen molar-refractivity contribution < 1.29 is 0 Å². The Balaban J connectivity index is 1.40. The highest BCUT2D eigenvalue weighted by molar-refractivity contribution is 5.68. The summed E-state index contributed by atoms with van der Waals surface area (Å²) in [4.78, 5) is 10.4. The van der Waals surface area contributed by atoms with Gasteiger partial charge in [0.05, 0.1) is 5.69 Å². The van der Waals surface area contributed by atoms with Crippen molar-refractivity contribution in [3.05, 3.63) is 83.6 Å². The minimum absolute atomic E-state index is 1.05. The zero-order valence-electron chi connectivity index (χ0n) is 18.5. The summed E-state index contributed by atoms with van der Waals surface area (Å²) in [6.07, 6.45) is 7.55. The molecule has 0 amide bonds. The number of aromatic nitrogens is 1. The smallest absolute Gasteiger partial charge is 0.0726 e. The number of piperazine rings is 1. The molecule has 3 aromatic rings. The molecule has 1 saturated heterocycles. The largest absolute Gasteiger partial charge is 0.369 e. The van der Waals surface area contributed by atoms with E-state index in [0.29, 0.717) is 0 Å². The number of rotatable bonds is 4. The molecule has 31 heavy (non-hydrogen) atoms. The van der Waals surface area contributed by atoms with Crippen LogP contribution >= 0.6 is 0 Å². The van der Waals surface area contributed by atoms with Crippen LogP contribution in [0.15, 0.2) is 66.7 Å². The molecule has 1 aromatic heterocycles. The minimum Gasteiger partial charge on any atom is -0.369 e. The molecular weight excluding hydrogens is 378 g/mol. The Morgan fingerprint density at radius 3 is 2.13 bits per heavy atom. The number of hydrogen-bond acceptors (Lipinski definition) is 3. The molecule has 0 unspecified atom stereocenters. The van der Waals surface area contributed by atoms with E-state index in [1.165, 1.54) is 60.2 Å². The number of hydrogen-bond donors (Lipinski definition) is 0. The first-order valence-corrected chi connectivity index (χ1v) is 12.0. The number of benzene rings is 2. The quantitative estimate of drug-likeness (QED) is 0.546. The summed E-state index contributed by atoms with van der Waals surface area (Å²) in [6, 6.07) is 24.0. The van der Waals surface area contributed by atoms with Gasteiger partial charge < -0.3 is 4.90 Å². The summed E-state index contributed by atoms with van der Waals surface area (Å²) in [6.45, 7) is 5.48. The van der Waals surface area contributed by atoms with Gasteiger partial charge in [-0.2, -0.15) is 0 Å². The highest BCUT2D eigenvalue weighted by atomic mass is 15.3. The lowest BCUT2D eigenvalue weighted by molar-refractivity contribution is 0.249. The predicted molar refractivity (Wildman–Crippen MR) is 129 cm³/mol. The van der Waals surface area contributed by atoms with E-state index in [1.54, 1.807) is 0 Å². The highest BCUT2D eigenvalue weighted by Gasteiger charge is 2.23. The third-order valence-corrected chi connectivity index (χ3v) is 6.81. The lowest BCUT2D eigenvalue weighted by atomic mass is 9.94.